The molecule has 126 valence electrons. The van der Waals surface area contributed by atoms with Gasteiger partial charge in [0.05, 0.1) is 25.7 Å². The molecule has 0 aliphatic rings. The zero-order chi connectivity index (χ0) is 17.5. The second-order valence-electron chi connectivity index (χ2n) is 6.00. The Balaban J connectivity index is 3.15. The quantitative estimate of drug-likeness (QED) is 0.657. The third kappa shape index (κ3) is 4.16. The number of carbonyl (C=O) groups excluding carboxylic acids is 1. The molecule has 1 aromatic rings. The first kappa shape index (κ1) is 18.8. The fourth-order valence-electron chi connectivity index (χ4n) is 2.79. The Hall–Kier alpha value is -2.22. The van der Waals surface area contributed by atoms with Crippen LogP contribution < -0.4 is 9.47 Å². The van der Waals surface area contributed by atoms with Crippen LogP contribution in [0.1, 0.15) is 32.3 Å². The Morgan fingerprint density at radius 3 is 2.43 bits per heavy atom. The van der Waals surface area contributed by atoms with Gasteiger partial charge in [0.15, 0.2) is 11.5 Å². The number of hydrogen-bond acceptors (Lipinski definition) is 4. The Kier molecular flexibility index (Phi) is 6.89. The van der Waals surface area contributed by atoms with E-state index in [9.17, 15) is 10.1 Å². The van der Waals surface area contributed by atoms with Gasteiger partial charge in [-0.05, 0) is 36.5 Å². The topological polar surface area (TPSA) is 62.6 Å². The van der Waals surface area contributed by atoms with Crippen LogP contribution in [-0.2, 0) is 10.2 Å². The first-order valence-electron chi connectivity index (χ1n) is 7.74. The highest BCUT2D eigenvalue weighted by Gasteiger charge is 2.36. The van der Waals surface area contributed by atoms with E-state index in [0.29, 0.717) is 24.5 Å². The fourth-order valence-corrected chi connectivity index (χ4v) is 2.79. The van der Waals surface area contributed by atoms with Gasteiger partial charge in [-0.25, -0.2) is 0 Å². The van der Waals surface area contributed by atoms with Gasteiger partial charge in [0, 0.05) is 13.6 Å². The molecule has 0 aromatic heterocycles. The number of rotatable bonds is 9. The van der Waals surface area contributed by atoms with Crippen molar-refractivity contribution in [1.29, 1.82) is 5.26 Å². The van der Waals surface area contributed by atoms with Crippen molar-refractivity contribution in [1.82, 2.24) is 4.90 Å². The van der Waals surface area contributed by atoms with Crippen molar-refractivity contribution in [3.63, 3.8) is 0 Å². The van der Waals surface area contributed by atoms with Crippen LogP contribution in [0.25, 0.3) is 0 Å². The molecule has 23 heavy (non-hydrogen) atoms. The van der Waals surface area contributed by atoms with Crippen LogP contribution in [0.4, 0.5) is 0 Å². The van der Waals surface area contributed by atoms with Crippen LogP contribution in [0.2, 0.25) is 0 Å². The molecule has 0 saturated heterocycles. The summed E-state index contributed by atoms with van der Waals surface area (Å²) < 4.78 is 10.6. The molecular formula is C18H26N2O3. The van der Waals surface area contributed by atoms with Crippen molar-refractivity contribution in [2.45, 2.75) is 32.1 Å². The number of hydrogen-bond donors (Lipinski definition) is 0. The van der Waals surface area contributed by atoms with Crippen molar-refractivity contribution in [3.05, 3.63) is 23.8 Å². The van der Waals surface area contributed by atoms with Crippen LogP contribution in [0.3, 0.4) is 0 Å². The molecule has 0 aliphatic carbocycles. The largest absolute Gasteiger partial charge is 0.493 e. The van der Waals surface area contributed by atoms with Crippen molar-refractivity contribution in [2.24, 2.45) is 5.92 Å². The van der Waals surface area contributed by atoms with Crippen LogP contribution in [0.15, 0.2) is 18.2 Å². The van der Waals surface area contributed by atoms with Crippen LogP contribution in [-0.4, -0.2) is 39.1 Å². The zero-order valence-electron chi connectivity index (χ0n) is 14.6. The maximum absolute atomic E-state index is 10.7. The molecule has 0 radical (unpaired) electrons. The molecular weight excluding hydrogens is 292 g/mol. The Labute approximate surface area is 138 Å². The average Bonchev–Trinajstić information content (AvgIpc) is 2.57. The van der Waals surface area contributed by atoms with Gasteiger partial charge in [-0.1, -0.05) is 19.9 Å². The number of ether oxygens (including phenoxy) is 2. The van der Waals surface area contributed by atoms with Crippen molar-refractivity contribution < 1.29 is 14.3 Å². The lowest BCUT2D eigenvalue weighted by molar-refractivity contribution is -0.117. The summed E-state index contributed by atoms with van der Waals surface area (Å²) in [5, 5.41) is 9.91. The lowest BCUT2D eigenvalue weighted by Gasteiger charge is -2.32. The van der Waals surface area contributed by atoms with Crippen LogP contribution in [0.5, 0.6) is 11.5 Å². The molecule has 1 atom stereocenters. The summed E-state index contributed by atoms with van der Waals surface area (Å²) >= 11 is 0. The minimum atomic E-state index is -0.622. The van der Waals surface area contributed by atoms with Gasteiger partial charge < -0.3 is 14.4 Å². The van der Waals surface area contributed by atoms with Crippen LogP contribution >= 0.6 is 0 Å². The number of methoxy groups -OCH3 is 2. The number of benzene rings is 1. The molecule has 0 bridgehead atoms. The Morgan fingerprint density at radius 1 is 1.30 bits per heavy atom. The maximum Gasteiger partial charge on any atom is 0.209 e. The lowest BCUT2D eigenvalue weighted by atomic mass is 9.69. The molecule has 0 heterocycles. The summed E-state index contributed by atoms with van der Waals surface area (Å²) in [5.41, 5.74) is 0.296. The molecule has 0 aliphatic heterocycles. The van der Waals surface area contributed by atoms with Gasteiger partial charge in [-0.15, -0.1) is 0 Å². The molecule has 0 saturated carbocycles. The summed E-state index contributed by atoms with van der Waals surface area (Å²) in [6.45, 7) is 4.72. The predicted molar refractivity (Wildman–Crippen MR) is 89.6 cm³/mol. The smallest absolute Gasteiger partial charge is 0.209 e. The first-order valence-corrected chi connectivity index (χ1v) is 7.74. The van der Waals surface area contributed by atoms with Gasteiger partial charge >= 0.3 is 0 Å². The number of amides is 1. The lowest BCUT2D eigenvalue weighted by Crippen LogP contribution is -2.32. The van der Waals surface area contributed by atoms with Crippen molar-refractivity contribution >= 4 is 6.41 Å². The molecule has 1 amide bonds. The summed E-state index contributed by atoms with van der Waals surface area (Å²) in [4.78, 5) is 12.3. The number of carbonyl (C=O) groups is 1. The highest BCUT2D eigenvalue weighted by Crippen LogP contribution is 2.40. The van der Waals surface area contributed by atoms with E-state index in [1.165, 1.54) is 0 Å². The van der Waals surface area contributed by atoms with E-state index in [4.69, 9.17) is 9.47 Å². The summed E-state index contributed by atoms with van der Waals surface area (Å²) in [5.74, 6) is 1.40. The van der Waals surface area contributed by atoms with E-state index in [1.807, 2.05) is 32.0 Å². The number of nitrogens with zero attached hydrogens (tertiary/aromatic N) is 2. The first-order chi connectivity index (χ1) is 10.9. The minimum Gasteiger partial charge on any atom is -0.493 e. The van der Waals surface area contributed by atoms with E-state index in [0.717, 1.165) is 18.4 Å². The van der Waals surface area contributed by atoms with Crippen molar-refractivity contribution in [2.75, 3.05) is 27.8 Å². The molecule has 5 heteroatoms. The SMILES string of the molecule is COc1ccc(C(C#N)(CCCN(C)C=O)C(C)C)cc1OC. The minimum absolute atomic E-state index is 0.132. The zero-order valence-corrected chi connectivity index (χ0v) is 14.6. The summed E-state index contributed by atoms with van der Waals surface area (Å²) in [7, 11) is 4.92. The fraction of sp³-hybridized carbons (Fsp3) is 0.556. The van der Waals surface area contributed by atoms with E-state index >= 15 is 0 Å². The van der Waals surface area contributed by atoms with E-state index in [2.05, 4.69) is 6.07 Å². The maximum atomic E-state index is 10.7. The number of nitriles is 1. The summed E-state index contributed by atoms with van der Waals surface area (Å²) in [6, 6.07) is 8.15. The molecule has 0 fully saturated rings. The molecule has 1 unspecified atom stereocenters. The monoisotopic (exact) mass is 318 g/mol. The van der Waals surface area contributed by atoms with Crippen LogP contribution in [0, 0.1) is 17.2 Å². The molecule has 0 N–H and O–H groups in total. The Morgan fingerprint density at radius 2 is 1.96 bits per heavy atom. The van der Waals surface area contributed by atoms with Gasteiger partial charge in [0.1, 0.15) is 0 Å². The highest BCUT2D eigenvalue weighted by atomic mass is 16.5. The molecule has 0 spiro atoms. The summed E-state index contributed by atoms with van der Waals surface area (Å²) in [6.07, 6.45) is 2.24. The third-order valence-electron chi connectivity index (χ3n) is 4.35. The van der Waals surface area contributed by atoms with E-state index in [-0.39, 0.29) is 5.92 Å². The van der Waals surface area contributed by atoms with E-state index < -0.39 is 5.41 Å². The van der Waals surface area contributed by atoms with Gasteiger partial charge in [-0.3, -0.25) is 4.79 Å². The van der Waals surface area contributed by atoms with Crippen molar-refractivity contribution in [3.8, 4) is 17.6 Å². The van der Waals surface area contributed by atoms with Gasteiger partial charge in [-0.2, -0.15) is 5.26 Å². The normalized spacial score (nSPS) is 13.1. The standard InChI is InChI=1S/C18H26N2O3/c1-14(2)18(12-19,9-6-10-20(3)13-21)15-7-8-16(22-4)17(11-15)23-5/h7-8,11,13-14H,6,9-10H2,1-5H3. The molecule has 1 rings (SSSR count). The molecule has 1 aromatic carbocycles. The second-order valence-corrected chi connectivity index (χ2v) is 6.00. The predicted octanol–water partition coefficient (Wildman–Crippen LogP) is 2.99. The Bertz CT molecular complexity index is 566. The van der Waals surface area contributed by atoms with Gasteiger partial charge in [0.2, 0.25) is 6.41 Å². The average molecular weight is 318 g/mol. The van der Waals surface area contributed by atoms with E-state index in [1.54, 1.807) is 26.2 Å². The second kappa shape index (κ2) is 8.42. The van der Waals surface area contributed by atoms with Gasteiger partial charge in [0.25, 0.3) is 0 Å². The molecule has 5 nitrogen and oxygen atoms in total. The highest BCUT2D eigenvalue weighted by molar-refractivity contribution is 5.48. The third-order valence-corrected chi connectivity index (χ3v) is 4.35.